The van der Waals surface area contributed by atoms with Crippen molar-refractivity contribution in [2.45, 2.75) is 26.9 Å². The molecule has 1 aliphatic heterocycles. The predicted octanol–water partition coefficient (Wildman–Crippen LogP) is 3.17. The van der Waals surface area contributed by atoms with Gasteiger partial charge in [-0.25, -0.2) is 4.39 Å². The summed E-state index contributed by atoms with van der Waals surface area (Å²) >= 11 is 5.90. The van der Waals surface area contributed by atoms with E-state index in [1.165, 1.54) is 12.1 Å². The Labute approximate surface area is 104 Å². The lowest BCUT2D eigenvalue weighted by Gasteiger charge is -2.17. The highest BCUT2D eigenvalue weighted by molar-refractivity contribution is 6.33. The van der Waals surface area contributed by atoms with Crippen LogP contribution in [0.25, 0.3) is 0 Å². The normalized spacial score (nSPS) is 23.2. The molecule has 1 fully saturated rings. The van der Waals surface area contributed by atoms with Gasteiger partial charge >= 0.3 is 0 Å². The standard InChI is InChI=1S/C12H13ClFNO2/c1-7-12(2,3)11(16)15(17-7)10-5-4-8(14)6-9(10)13/h4-7H,1-3H3. The van der Waals surface area contributed by atoms with Gasteiger partial charge in [0.1, 0.15) is 5.82 Å². The van der Waals surface area contributed by atoms with Gasteiger partial charge in [-0.1, -0.05) is 11.6 Å². The molecule has 1 aliphatic rings. The van der Waals surface area contributed by atoms with E-state index in [4.69, 9.17) is 16.4 Å². The maximum absolute atomic E-state index is 12.9. The number of hydrogen-bond acceptors (Lipinski definition) is 2. The lowest BCUT2D eigenvalue weighted by Crippen LogP contribution is -2.32. The van der Waals surface area contributed by atoms with Crippen molar-refractivity contribution in [1.82, 2.24) is 0 Å². The van der Waals surface area contributed by atoms with Crippen LogP contribution in [-0.2, 0) is 9.63 Å². The Kier molecular flexibility index (Phi) is 2.87. The number of hydrogen-bond donors (Lipinski definition) is 0. The van der Waals surface area contributed by atoms with E-state index in [1.54, 1.807) is 13.8 Å². The Morgan fingerprint density at radius 1 is 1.47 bits per heavy atom. The summed E-state index contributed by atoms with van der Waals surface area (Å²) in [6.07, 6.45) is -0.254. The molecule has 0 N–H and O–H groups in total. The van der Waals surface area contributed by atoms with Crippen LogP contribution in [-0.4, -0.2) is 12.0 Å². The molecule has 1 heterocycles. The lowest BCUT2D eigenvalue weighted by molar-refractivity contribution is -0.124. The summed E-state index contributed by atoms with van der Waals surface area (Å²) in [7, 11) is 0. The molecule has 0 bridgehead atoms. The molecule has 1 unspecified atom stereocenters. The average molecular weight is 258 g/mol. The molecule has 0 spiro atoms. The quantitative estimate of drug-likeness (QED) is 0.773. The van der Waals surface area contributed by atoms with Crippen LogP contribution in [0.3, 0.4) is 0 Å². The topological polar surface area (TPSA) is 29.5 Å². The number of rotatable bonds is 1. The predicted molar refractivity (Wildman–Crippen MR) is 63.2 cm³/mol. The van der Waals surface area contributed by atoms with Crippen molar-refractivity contribution in [2.75, 3.05) is 5.06 Å². The highest BCUT2D eigenvalue weighted by Gasteiger charge is 2.47. The summed E-state index contributed by atoms with van der Waals surface area (Å²) < 4.78 is 12.9. The van der Waals surface area contributed by atoms with Crippen LogP contribution in [0.1, 0.15) is 20.8 Å². The average Bonchev–Trinajstić information content (AvgIpc) is 2.43. The largest absolute Gasteiger partial charge is 0.271 e. The van der Waals surface area contributed by atoms with Crippen molar-refractivity contribution in [3.8, 4) is 0 Å². The van der Waals surface area contributed by atoms with Crippen molar-refractivity contribution < 1.29 is 14.0 Å². The number of nitrogens with zero attached hydrogens (tertiary/aromatic N) is 1. The second-order valence-corrected chi connectivity index (χ2v) is 5.07. The number of anilines is 1. The van der Waals surface area contributed by atoms with Gasteiger partial charge in [0.25, 0.3) is 5.91 Å². The minimum absolute atomic E-state index is 0.156. The van der Waals surface area contributed by atoms with Crippen LogP contribution in [0.5, 0.6) is 0 Å². The third-order valence-corrected chi connectivity index (χ3v) is 3.45. The molecular weight excluding hydrogens is 245 g/mol. The number of hydroxylamine groups is 1. The Bertz CT molecular complexity index is 476. The summed E-state index contributed by atoms with van der Waals surface area (Å²) in [5.74, 6) is -0.629. The van der Waals surface area contributed by atoms with Gasteiger partial charge in [0, 0.05) is 0 Å². The molecule has 17 heavy (non-hydrogen) atoms. The number of carbonyl (C=O) groups excluding carboxylic acids is 1. The summed E-state index contributed by atoms with van der Waals surface area (Å²) in [4.78, 5) is 17.6. The molecule has 0 radical (unpaired) electrons. The molecule has 92 valence electrons. The summed E-state index contributed by atoms with van der Waals surface area (Å²) in [6, 6.07) is 3.83. The van der Waals surface area contributed by atoms with Gasteiger partial charge < -0.3 is 0 Å². The van der Waals surface area contributed by atoms with E-state index in [0.29, 0.717) is 5.69 Å². The monoisotopic (exact) mass is 257 g/mol. The number of carbonyl (C=O) groups is 1. The van der Waals surface area contributed by atoms with Crippen LogP contribution >= 0.6 is 11.6 Å². The zero-order valence-corrected chi connectivity index (χ0v) is 10.6. The van der Waals surface area contributed by atoms with Gasteiger partial charge in [0.05, 0.1) is 22.2 Å². The molecule has 5 heteroatoms. The van der Waals surface area contributed by atoms with E-state index >= 15 is 0 Å². The van der Waals surface area contributed by atoms with Gasteiger partial charge in [-0.3, -0.25) is 9.63 Å². The molecule has 1 aromatic carbocycles. The van der Waals surface area contributed by atoms with E-state index in [1.807, 2.05) is 6.92 Å². The summed E-state index contributed by atoms with van der Waals surface area (Å²) in [5.41, 5.74) is -0.243. The van der Waals surface area contributed by atoms with Crippen molar-refractivity contribution >= 4 is 23.2 Å². The van der Waals surface area contributed by atoms with E-state index in [0.717, 1.165) is 11.1 Å². The third-order valence-electron chi connectivity index (χ3n) is 3.14. The van der Waals surface area contributed by atoms with Gasteiger partial charge in [-0.15, -0.1) is 0 Å². The molecule has 2 rings (SSSR count). The second-order valence-electron chi connectivity index (χ2n) is 4.66. The van der Waals surface area contributed by atoms with E-state index < -0.39 is 11.2 Å². The van der Waals surface area contributed by atoms with Crippen molar-refractivity contribution in [1.29, 1.82) is 0 Å². The highest BCUT2D eigenvalue weighted by Crippen LogP contribution is 2.39. The second kappa shape index (κ2) is 3.96. The molecule has 0 saturated carbocycles. The number of amides is 1. The first kappa shape index (κ1) is 12.3. The fourth-order valence-electron chi connectivity index (χ4n) is 1.59. The Morgan fingerprint density at radius 3 is 2.59 bits per heavy atom. The maximum Gasteiger partial charge on any atom is 0.259 e. The van der Waals surface area contributed by atoms with E-state index in [2.05, 4.69) is 0 Å². The van der Waals surface area contributed by atoms with Crippen LogP contribution in [0.2, 0.25) is 5.02 Å². The zero-order chi connectivity index (χ0) is 12.8. The van der Waals surface area contributed by atoms with E-state index in [9.17, 15) is 9.18 Å². The zero-order valence-electron chi connectivity index (χ0n) is 9.83. The van der Waals surface area contributed by atoms with Crippen LogP contribution in [0.15, 0.2) is 18.2 Å². The number of halogens is 2. The third kappa shape index (κ3) is 1.91. The maximum atomic E-state index is 12.9. The first-order valence-corrected chi connectivity index (χ1v) is 5.68. The molecule has 1 saturated heterocycles. The molecule has 3 nitrogen and oxygen atoms in total. The van der Waals surface area contributed by atoms with Crippen LogP contribution in [0, 0.1) is 11.2 Å². The summed E-state index contributed by atoms with van der Waals surface area (Å²) in [6.45, 7) is 5.42. The minimum Gasteiger partial charge on any atom is -0.271 e. The molecule has 0 aromatic heterocycles. The van der Waals surface area contributed by atoms with Crippen LogP contribution < -0.4 is 5.06 Å². The highest BCUT2D eigenvalue weighted by atomic mass is 35.5. The smallest absolute Gasteiger partial charge is 0.259 e. The Balaban J connectivity index is 2.40. The fraction of sp³-hybridized carbons (Fsp3) is 0.417. The molecule has 1 atom stereocenters. The summed E-state index contributed by atoms with van der Waals surface area (Å²) in [5, 5.41) is 1.30. The van der Waals surface area contributed by atoms with Crippen molar-refractivity contribution in [2.24, 2.45) is 5.41 Å². The molecule has 1 aromatic rings. The minimum atomic E-state index is -0.613. The first-order valence-electron chi connectivity index (χ1n) is 5.30. The van der Waals surface area contributed by atoms with Crippen molar-refractivity contribution in [3.63, 3.8) is 0 Å². The lowest BCUT2D eigenvalue weighted by atomic mass is 9.87. The number of benzene rings is 1. The Hall–Kier alpha value is -1.13. The van der Waals surface area contributed by atoms with Gasteiger partial charge in [-0.05, 0) is 39.0 Å². The Morgan fingerprint density at radius 2 is 2.12 bits per heavy atom. The van der Waals surface area contributed by atoms with Gasteiger partial charge in [0.15, 0.2) is 0 Å². The fourth-order valence-corrected chi connectivity index (χ4v) is 1.83. The molecule has 0 aliphatic carbocycles. The molecular formula is C12H13ClFNO2. The van der Waals surface area contributed by atoms with Gasteiger partial charge in [-0.2, -0.15) is 5.06 Å². The van der Waals surface area contributed by atoms with E-state index in [-0.39, 0.29) is 17.0 Å². The van der Waals surface area contributed by atoms with Crippen molar-refractivity contribution in [3.05, 3.63) is 29.0 Å². The first-order chi connectivity index (χ1) is 7.84. The SMILES string of the molecule is CC1ON(c2ccc(F)cc2Cl)C(=O)C1(C)C. The van der Waals surface area contributed by atoms with Gasteiger partial charge in [0.2, 0.25) is 0 Å². The van der Waals surface area contributed by atoms with Crippen LogP contribution in [0.4, 0.5) is 10.1 Å². The molecule has 1 amide bonds.